The summed E-state index contributed by atoms with van der Waals surface area (Å²) in [7, 11) is -1.70. The molecule has 26 heavy (non-hydrogen) atoms. The lowest BCUT2D eigenvalue weighted by Crippen LogP contribution is -2.38. The number of ether oxygens (including phenoxy) is 2. The average molecular weight is 396 g/mol. The maximum atomic E-state index is 13.2. The molecule has 0 atom stereocenters. The molecule has 2 aromatic rings. The Hall–Kier alpha value is -2.71. The van der Waals surface area contributed by atoms with Gasteiger partial charge in [0.1, 0.15) is 5.75 Å². The van der Waals surface area contributed by atoms with Gasteiger partial charge in [-0.15, -0.1) is 0 Å². The minimum Gasteiger partial charge on any atom is -0.505 e. The first-order chi connectivity index (χ1) is 12.3. The SMILES string of the molecule is COC(=O)C1=C(O)c2ccccc2S(=O)(=O)N1c1ccc(OC)cc1Cl. The van der Waals surface area contributed by atoms with Crippen molar-refractivity contribution in [1.82, 2.24) is 0 Å². The first kappa shape index (κ1) is 18.1. The Kier molecular flexibility index (Phi) is 4.55. The second-order valence-electron chi connectivity index (χ2n) is 5.27. The number of nitrogens with zero attached hydrogens (tertiary/aromatic N) is 1. The third kappa shape index (κ3) is 2.67. The summed E-state index contributed by atoms with van der Waals surface area (Å²) in [5.74, 6) is -1.14. The van der Waals surface area contributed by atoms with Crippen molar-refractivity contribution in [2.24, 2.45) is 0 Å². The van der Waals surface area contributed by atoms with E-state index in [1.165, 1.54) is 43.5 Å². The van der Waals surface area contributed by atoms with Gasteiger partial charge in [0.05, 0.1) is 29.8 Å². The van der Waals surface area contributed by atoms with Crippen molar-refractivity contribution in [2.75, 3.05) is 18.5 Å². The summed E-state index contributed by atoms with van der Waals surface area (Å²) in [5.41, 5.74) is -0.555. The van der Waals surface area contributed by atoms with Crippen LogP contribution in [-0.2, 0) is 19.6 Å². The molecule has 0 aliphatic carbocycles. The minimum absolute atomic E-state index is 0.00813. The van der Waals surface area contributed by atoms with Crippen LogP contribution in [0, 0.1) is 0 Å². The van der Waals surface area contributed by atoms with Crippen LogP contribution in [0.4, 0.5) is 5.69 Å². The van der Waals surface area contributed by atoms with Crippen molar-refractivity contribution in [3.63, 3.8) is 0 Å². The molecule has 0 bridgehead atoms. The Labute approximate surface area is 155 Å². The molecule has 0 aromatic heterocycles. The molecule has 0 radical (unpaired) electrons. The number of hydrogen-bond donors (Lipinski definition) is 1. The van der Waals surface area contributed by atoms with E-state index in [0.29, 0.717) is 10.1 Å². The monoisotopic (exact) mass is 395 g/mol. The Morgan fingerprint density at radius 2 is 1.85 bits per heavy atom. The zero-order valence-electron chi connectivity index (χ0n) is 13.8. The molecule has 9 heteroatoms. The number of carbonyl (C=O) groups is 1. The predicted molar refractivity (Wildman–Crippen MR) is 95.7 cm³/mol. The van der Waals surface area contributed by atoms with Gasteiger partial charge in [-0.25, -0.2) is 17.5 Å². The molecule has 1 aliphatic heterocycles. The van der Waals surface area contributed by atoms with Crippen molar-refractivity contribution in [1.29, 1.82) is 0 Å². The normalized spacial score (nSPS) is 15.4. The zero-order chi connectivity index (χ0) is 19.1. The number of rotatable bonds is 3. The second kappa shape index (κ2) is 6.54. The number of aliphatic hydroxyl groups is 1. The number of methoxy groups -OCH3 is 2. The Balaban J connectivity index is 2.36. The van der Waals surface area contributed by atoms with Crippen LogP contribution < -0.4 is 9.04 Å². The van der Waals surface area contributed by atoms with E-state index in [2.05, 4.69) is 4.74 Å². The average Bonchev–Trinajstić information content (AvgIpc) is 2.64. The van der Waals surface area contributed by atoms with Gasteiger partial charge in [-0.1, -0.05) is 23.7 Å². The fourth-order valence-corrected chi connectivity index (χ4v) is 4.65. The first-order valence-electron chi connectivity index (χ1n) is 7.32. The molecule has 0 saturated heterocycles. The molecule has 0 fully saturated rings. The highest BCUT2D eigenvalue weighted by Crippen LogP contribution is 2.42. The van der Waals surface area contributed by atoms with Crippen molar-refractivity contribution in [3.8, 4) is 5.75 Å². The van der Waals surface area contributed by atoms with E-state index in [1.54, 1.807) is 6.07 Å². The topological polar surface area (TPSA) is 93.1 Å². The fourth-order valence-electron chi connectivity index (χ4n) is 2.63. The van der Waals surface area contributed by atoms with E-state index in [-0.39, 0.29) is 21.2 Å². The number of fused-ring (bicyclic) bond motifs is 1. The van der Waals surface area contributed by atoms with Gasteiger partial charge < -0.3 is 14.6 Å². The van der Waals surface area contributed by atoms with E-state index >= 15 is 0 Å². The van der Waals surface area contributed by atoms with Gasteiger partial charge in [-0.3, -0.25) is 0 Å². The largest absolute Gasteiger partial charge is 0.505 e. The molecule has 0 unspecified atom stereocenters. The number of carbonyl (C=O) groups excluding carboxylic acids is 1. The number of sulfonamides is 1. The summed E-state index contributed by atoms with van der Waals surface area (Å²) in [5, 5.41) is 10.6. The summed E-state index contributed by atoms with van der Waals surface area (Å²) in [6.45, 7) is 0. The molecule has 0 amide bonds. The standard InChI is InChI=1S/C17H14ClNO6S/c1-24-10-7-8-13(12(18)9-10)19-15(17(21)25-2)16(20)11-5-3-4-6-14(11)26(19,22)23/h3-9,20H,1-2H3. The third-order valence-corrected chi connectivity index (χ3v) is 5.91. The highest BCUT2D eigenvalue weighted by molar-refractivity contribution is 7.93. The van der Waals surface area contributed by atoms with Crippen LogP contribution in [-0.4, -0.2) is 33.7 Å². The van der Waals surface area contributed by atoms with Crippen molar-refractivity contribution >= 4 is 39.0 Å². The van der Waals surface area contributed by atoms with Crippen LogP contribution in [0.1, 0.15) is 5.56 Å². The lowest BCUT2D eigenvalue weighted by molar-refractivity contribution is -0.136. The summed E-state index contributed by atoms with van der Waals surface area (Å²) >= 11 is 6.21. The van der Waals surface area contributed by atoms with Gasteiger partial charge in [-0.05, 0) is 24.3 Å². The van der Waals surface area contributed by atoms with Gasteiger partial charge in [0.15, 0.2) is 11.5 Å². The molecule has 0 saturated carbocycles. The number of halogens is 1. The number of aliphatic hydroxyl groups excluding tert-OH is 1. The molecular weight excluding hydrogens is 382 g/mol. The smallest absolute Gasteiger partial charge is 0.359 e. The molecular formula is C17H14ClNO6S. The van der Waals surface area contributed by atoms with Crippen molar-refractivity contribution in [2.45, 2.75) is 4.90 Å². The predicted octanol–water partition coefficient (Wildman–Crippen LogP) is 2.96. The Bertz CT molecular complexity index is 1030. The molecule has 7 nitrogen and oxygen atoms in total. The zero-order valence-corrected chi connectivity index (χ0v) is 15.3. The highest BCUT2D eigenvalue weighted by atomic mass is 35.5. The second-order valence-corrected chi connectivity index (χ2v) is 7.43. The maximum absolute atomic E-state index is 13.2. The lowest BCUT2D eigenvalue weighted by Gasteiger charge is -2.31. The highest BCUT2D eigenvalue weighted by Gasteiger charge is 2.42. The van der Waals surface area contributed by atoms with Gasteiger partial charge in [0.25, 0.3) is 10.0 Å². The summed E-state index contributed by atoms with van der Waals surface area (Å²) in [6, 6.07) is 10.1. The third-order valence-electron chi connectivity index (χ3n) is 3.84. The summed E-state index contributed by atoms with van der Waals surface area (Å²) in [4.78, 5) is 12.1. The van der Waals surface area contributed by atoms with E-state index in [4.69, 9.17) is 16.3 Å². The lowest BCUT2D eigenvalue weighted by atomic mass is 10.1. The molecule has 136 valence electrons. The Morgan fingerprint density at radius 3 is 2.46 bits per heavy atom. The summed E-state index contributed by atoms with van der Waals surface area (Å²) < 4.78 is 36.8. The molecule has 3 rings (SSSR count). The number of benzene rings is 2. The Morgan fingerprint density at radius 1 is 1.15 bits per heavy atom. The van der Waals surface area contributed by atoms with Crippen LogP contribution >= 0.6 is 11.6 Å². The molecule has 2 aromatic carbocycles. The van der Waals surface area contributed by atoms with Crippen molar-refractivity contribution < 1.29 is 27.8 Å². The maximum Gasteiger partial charge on any atom is 0.359 e. The molecule has 1 N–H and O–H groups in total. The van der Waals surface area contributed by atoms with E-state index in [1.807, 2.05) is 0 Å². The van der Waals surface area contributed by atoms with Crippen LogP contribution in [0.3, 0.4) is 0 Å². The quantitative estimate of drug-likeness (QED) is 0.803. The van der Waals surface area contributed by atoms with Crippen LogP contribution in [0.2, 0.25) is 5.02 Å². The van der Waals surface area contributed by atoms with Gasteiger partial charge in [-0.2, -0.15) is 0 Å². The molecule has 1 heterocycles. The van der Waals surface area contributed by atoms with Gasteiger partial charge in [0.2, 0.25) is 0 Å². The van der Waals surface area contributed by atoms with Crippen molar-refractivity contribution in [3.05, 3.63) is 58.7 Å². The van der Waals surface area contributed by atoms with Gasteiger partial charge in [0, 0.05) is 11.6 Å². The van der Waals surface area contributed by atoms with E-state index < -0.39 is 27.4 Å². The van der Waals surface area contributed by atoms with Gasteiger partial charge >= 0.3 is 5.97 Å². The van der Waals surface area contributed by atoms with E-state index in [9.17, 15) is 18.3 Å². The van der Waals surface area contributed by atoms with Crippen LogP contribution in [0.15, 0.2) is 53.1 Å². The first-order valence-corrected chi connectivity index (χ1v) is 9.14. The molecule has 1 aliphatic rings. The number of esters is 1. The minimum atomic E-state index is -4.23. The summed E-state index contributed by atoms with van der Waals surface area (Å²) in [6.07, 6.45) is 0. The number of anilines is 1. The van der Waals surface area contributed by atoms with Crippen LogP contribution in [0.5, 0.6) is 5.75 Å². The molecule has 0 spiro atoms. The number of hydrogen-bond acceptors (Lipinski definition) is 6. The van der Waals surface area contributed by atoms with Crippen LogP contribution in [0.25, 0.3) is 5.76 Å². The fraction of sp³-hybridized carbons (Fsp3) is 0.118. The van der Waals surface area contributed by atoms with E-state index in [0.717, 1.165) is 7.11 Å².